The standard InChI is InChI=1S/C13H19N3O3/c1-9-8-15(4-3-13(9)17)11-5-10(14-2)6-12(7-11)16(18)19/h5-7,9,13-14,17H,3-4,8H2,1-2H3. The van der Waals surface area contributed by atoms with Crippen LogP contribution in [0, 0.1) is 16.0 Å². The minimum Gasteiger partial charge on any atom is -0.393 e. The van der Waals surface area contributed by atoms with Crippen molar-refractivity contribution in [3.63, 3.8) is 0 Å². The van der Waals surface area contributed by atoms with Crippen LogP contribution < -0.4 is 10.2 Å². The Morgan fingerprint density at radius 1 is 1.47 bits per heavy atom. The van der Waals surface area contributed by atoms with E-state index in [2.05, 4.69) is 10.2 Å². The number of hydrogen-bond donors (Lipinski definition) is 2. The highest BCUT2D eigenvalue weighted by Gasteiger charge is 2.25. The molecular weight excluding hydrogens is 246 g/mol. The summed E-state index contributed by atoms with van der Waals surface area (Å²) in [5.41, 5.74) is 1.64. The van der Waals surface area contributed by atoms with Crippen LogP contribution in [0.15, 0.2) is 18.2 Å². The molecule has 1 saturated heterocycles. The lowest BCUT2D eigenvalue weighted by molar-refractivity contribution is -0.384. The highest BCUT2D eigenvalue weighted by atomic mass is 16.6. The van der Waals surface area contributed by atoms with Crippen molar-refractivity contribution in [2.45, 2.75) is 19.4 Å². The van der Waals surface area contributed by atoms with Crippen LogP contribution in [0.5, 0.6) is 0 Å². The quantitative estimate of drug-likeness (QED) is 0.644. The van der Waals surface area contributed by atoms with Crippen molar-refractivity contribution < 1.29 is 10.0 Å². The van der Waals surface area contributed by atoms with Gasteiger partial charge in [-0.2, -0.15) is 0 Å². The number of non-ortho nitro benzene ring substituents is 1. The third-order valence-corrected chi connectivity index (χ3v) is 3.63. The third-order valence-electron chi connectivity index (χ3n) is 3.63. The van der Waals surface area contributed by atoms with Crippen LogP contribution in [0.3, 0.4) is 0 Å². The van der Waals surface area contributed by atoms with Crippen molar-refractivity contribution in [1.29, 1.82) is 0 Å². The van der Waals surface area contributed by atoms with Crippen LogP contribution in [0.4, 0.5) is 17.1 Å². The molecule has 1 aromatic rings. The molecule has 6 nitrogen and oxygen atoms in total. The van der Waals surface area contributed by atoms with Crippen molar-refractivity contribution in [3.05, 3.63) is 28.3 Å². The summed E-state index contributed by atoms with van der Waals surface area (Å²) in [7, 11) is 1.74. The van der Waals surface area contributed by atoms with Crippen molar-refractivity contribution in [1.82, 2.24) is 0 Å². The number of nitro groups is 1. The third kappa shape index (κ3) is 2.96. The van der Waals surface area contributed by atoms with Crippen LogP contribution >= 0.6 is 0 Å². The lowest BCUT2D eigenvalue weighted by Gasteiger charge is -2.36. The van der Waals surface area contributed by atoms with Gasteiger partial charge in [-0.25, -0.2) is 0 Å². The number of hydrogen-bond acceptors (Lipinski definition) is 5. The fraction of sp³-hybridized carbons (Fsp3) is 0.538. The Balaban J connectivity index is 2.28. The topological polar surface area (TPSA) is 78.6 Å². The first-order valence-electron chi connectivity index (χ1n) is 6.41. The molecule has 1 aliphatic heterocycles. The van der Waals surface area contributed by atoms with Gasteiger partial charge >= 0.3 is 0 Å². The second-order valence-electron chi connectivity index (χ2n) is 5.02. The second kappa shape index (κ2) is 5.44. The maximum absolute atomic E-state index is 10.9. The van der Waals surface area contributed by atoms with Crippen LogP contribution in [0.2, 0.25) is 0 Å². The van der Waals surface area contributed by atoms with E-state index in [0.29, 0.717) is 13.0 Å². The van der Waals surface area contributed by atoms with Gasteiger partial charge in [0.1, 0.15) is 0 Å². The Kier molecular flexibility index (Phi) is 3.90. The van der Waals surface area contributed by atoms with Crippen LogP contribution in [-0.2, 0) is 0 Å². The van der Waals surface area contributed by atoms with Gasteiger partial charge in [0.15, 0.2) is 0 Å². The van der Waals surface area contributed by atoms with Gasteiger partial charge in [-0.15, -0.1) is 0 Å². The zero-order chi connectivity index (χ0) is 14.0. The van der Waals surface area contributed by atoms with Gasteiger partial charge in [0.25, 0.3) is 5.69 Å². The minimum atomic E-state index is -0.382. The van der Waals surface area contributed by atoms with Gasteiger partial charge < -0.3 is 15.3 Å². The minimum absolute atomic E-state index is 0.0839. The summed E-state index contributed by atoms with van der Waals surface area (Å²) in [6.07, 6.45) is 0.414. The monoisotopic (exact) mass is 265 g/mol. The fourth-order valence-electron chi connectivity index (χ4n) is 2.40. The molecule has 19 heavy (non-hydrogen) atoms. The van der Waals surface area contributed by atoms with E-state index < -0.39 is 0 Å². The van der Waals surface area contributed by atoms with E-state index in [1.165, 1.54) is 6.07 Å². The van der Waals surface area contributed by atoms with Gasteiger partial charge in [0.2, 0.25) is 0 Å². The summed E-state index contributed by atoms with van der Waals surface area (Å²) in [5, 5.41) is 23.6. The number of benzene rings is 1. The molecule has 6 heteroatoms. The number of nitrogens with zero attached hydrogens (tertiary/aromatic N) is 2. The molecule has 0 saturated carbocycles. The molecule has 0 aliphatic carbocycles. The number of nitro benzene ring substituents is 1. The summed E-state index contributed by atoms with van der Waals surface area (Å²) in [4.78, 5) is 12.6. The first-order valence-corrected chi connectivity index (χ1v) is 6.41. The normalized spacial score (nSPS) is 23.2. The van der Waals surface area contributed by atoms with Crippen molar-refractivity contribution >= 4 is 17.1 Å². The van der Waals surface area contributed by atoms with Crippen LogP contribution in [0.25, 0.3) is 0 Å². The second-order valence-corrected chi connectivity index (χ2v) is 5.02. The Labute approximate surface area is 112 Å². The Hall–Kier alpha value is -1.82. The molecule has 1 fully saturated rings. The predicted molar refractivity (Wildman–Crippen MR) is 74.6 cm³/mol. The highest BCUT2D eigenvalue weighted by molar-refractivity contribution is 5.64. The maximum atomic E-state index is 10.9. The Morgan fingerprint density at radius 2 is 2.21 bits per heavy atom. The molecule has 1 aromatic carbocycles. The van der Waals surface area contributed by atoms with Crippen molar-refractivity contribution in [3.8, 4) is 0 Å². The summed E-state index contributed by atoms with van der Waals surface area (Å²) in [5.74, 6) is 0.172. The van der Waals surface area contributed by atoms with Gasteiger partial charge in [-0.05, 0) is 18.4 Å². The molecule has 1 heterocycles. The van der Waals surface area contributed by atoms with E-state index in [1.807, 2.05) is 13.0 Å². The summed E-state index contributed by atoms with van der Waals surface area (Å²) in [6.45, 7) is 3.43. The molecule has 2 rings (SSSR count). The number of nitrogens with one attached hydrogen (secondary N) is 1. The molecule has 2 N–H and O–H groups in total. The molecule has 0 spiro atoms. The number of anilines is 2. The van der Waals surface area contributed by atoms with Crippen LogP contribution in [-0.4, -0.2) is 36.3 Å². The van der Waals surface area contributed by atoms with Crippen molar-refractivity contribution in [2.75, 3.05) is 30.4 Å². The lowest BCUT2D eigenvalue weighted by atomic mass is 9.96. The van der Waals surface area contributed by atoms with Gasteiger partial charge in [0, 0.05) is 43.6 Å². The molecule has 0 amide bonds. The molecule has 0 aromatic heterocycles. The number of aliphatic hydroxyl groups is 1. The first-order chi connectivity index (χ1) is 9.01. The molecule has 104 valence electrons. The van der Waals surface area contributed by atoms with E-state index in [-0.39, 0.29) is 22.6 Å². The SMILES string of the molecule is CNc1cc(N2CCC(O)C(C)C2)cc([N+](=O)[O-])c1. The largest absolute Gasteiger partial charge is 0.393 e. The van der Waals surface area contributed by atoms with E-state index >= 15 is 0 Å². The number of rotatable bonds is 3. The number of aliphatic hydroxyl groups excluding tert-OH is 1. The van der Waals surface area contributed by atoms with E-state index in [9.17, 15) is 15.2 Å². The molecule has 0 bridgehead atoms. The smallest absolute Gasteiger partial charge is 0.273 e. The predicted octanol–water partition coefficient (Wildman–Crippen LogP) is 1.84. The fourth-order valence-corrected chi connectivity index (χ4v) is 2.40. The highest BCUT2D eigenvalue weighted by Crippen LogP contribution is 2.30. The van der Waals surface area contributed by atoms with E-state index in [0.717, 1.165) is 17.9 Å². The van der Waals surface area contributed by atoms with Gasteiger partial charge in [0.05, 0.1) is 11.0 Å². The average molecular weight is 265 g/mol. The summed E-state index contributed by atoms with van der Waals surface area (Å²) >= 11 is 0. The van der Waals surface area contributed by atoms with Crippen LogP contribution in [0.1, 0.15) is 13.3 Å². The van der Waals surface area contributed by atoms with Gasteiger partial charge in [-0.3, -0.25) is 10.1 Å². The number of piperidine rings is 1. The molecule has 0 radical (unpaired) electrons. The zero-order valence-corrected chi connectivity index (χ0v) is 11.2. The van der Waals surface area contributed by atoms with E-state index in [4.69, 9.17) is 0 Å². The van der Waals surface area contributed by atoms with E-state index in [1.54, 1.807) is 13.1 Å². The Morgan fingerprint density at radius 3 is 2.79 bits per heavy atom. The zero-order valence-electron chi connectivity index (χ0n) is 11.2. The average Bonchev–Trinajstić information content (AvgIpc) is 2.41. The Bertz CT molecular complexity index is 478. The maximum Gasteiger partial charge on any atom is 0.273 e. The molecule has 2 atom stereocenters. The molecule has 2 unspecified atom stereocenters. The summed E-state index contributed by atoms with van der Waals surface area (Å²) in [6, 6.07) is 5.01. The lowest BCUT2D eigenvalue weighted by Crippen LogP contribution is -2.41. The molecule has 1 aliphatic rings. The first kappa shape index (κ1) is 13.6. The summed E-state index contributed by atoms with van der Waals surface area (Å²) < 4.78 is 0. The molecular formula is C13H19N3O3. The van der Waals surface area contributed by atoms with Crippen molar-refractivity contribution in [2.24, 2.45) is 5.92 Å². The van der Waals surface area contributed by atoms with Gasteiger partial charge in [-0.1, -0.05) is 6.92 Å².